The average molecular weight is 448 g/mol. The number of sulfone groups is 1. The third kappa shape index (κ3) is 3.92. The summed E-state index contributed by atoms with van der Waals surface area (Å²) >= 11 is 0. The zero-order chi connectivity index (χ0) is 22.9. The quantitative estimate of drug-likeness (QED) is 0.469. The second kappa shape index (κ2) is 8.39. The molecule has 8 heteroatoms. The maximum atomic E-state index is 13.2. The van der Waals surface area contributed by atoms with Crippen molar-refractivity contribution in [3.63, 3.8) is 0 Å². The van der Waals surface area contributed by atoms with Crippen molar-refractivity contribution in [2.45, 2.75) is 23.3 Å². The Balaban J connectivity index is 1.87. The van der Waals surface area contributed by atoms with E-state index in [1.807, 2.05) is 18.2 Å². The second-order valence-corrected chi connectivity index (χ2v) is 9.30. The van der Waals surface area contributed by atoms with E-state index in [-0.39, 0.29) is 28.4 Å². The van der Waals surface area contributed by atoms with Crippen LogP contribution in [0.15, 0.2) is 93.6 Å². The van der Waals surface area contributed by atoms with Gasteiger partial charge in [0.15, 0.2) is 0 Å². The van der Waals surface area contributed by atoms with Gasteiger partial charge in [0.05, 0.1) is 10.3 Å². The van der Waals surface area contributed by atoms with Gasteiger partial charge in [-0.3, -0.25) is 9.59 Å². The largest absolute Gasteiger partial charge is 0.322 e. The summed E-state index contributed by atoms with van der Waals surface area (Å²) < 4.78 is 27.9. The molecule has 0 N–H and O–H groups in total. The molecule has 0 saturated carbocycles. The van der Waals surface area contributed by atoms with Crippen LogP contribution in [-0.4, -0.2) is 30.9 Å². The smallest absolute Gasteiger partial charge is 0.246 e. The lowest BCUT2D eigenvalue weighted by atomic mass is 10.2. The number of carbonyl (C=O) groups is 1. The Morgan fingerprint density at radius 2 is 1.59 bits per heavy atom. The highest BCUT2D eigenvalue weighted by Gasteiger charge is 2.25. The van der Waals surface area contributed by atoms with E-state index < -0.39 is 20.2 Å². The molecule has 0 fully saturated rings. The lowest BCUT2D eigenvalue weighted by Crippen LogP contribution is -2.31. The molecule has 1 amide bonds. The van der Waals surface area contributed by atoms with Gasteiger partial charge in [0, 0.05) is 24.6 Å². The zero-order valence-corrected chi connectivity index (χ0v) is 18.4. The van der Waals surface area contributed by atoms with Crippen molar-refractivity contribution >= 4 is 32.5 Å². The van der Waals surface area contributed by atoms with Crippen LogP contribution in [0.25, 0.3) is 11.0 Å². The Bertz CT molecular complexity index is 1460. The Kier molecular flexibility index (Phi) is 5.63. The number of hydrogen-bond acceptors (Lipinski definition) is 5. The molecule has 4 aromatic rings. The molecule has 0 aliphatic rings. The highest BCUT2D eigenvalue weighted by Crippen LogP contribution is 2.21. The summed E-state index contributed by atoms with van der Waals surface area (Å²) in [6.07, 6.45) is 1.22. The number of benzene rings is 2. The van der Waals surface area contributed by atoms with Crippen LogP contribution in [0.1, 0.15) is 5.69 Å². The number of pyridine rings is 2. The monoisotopic (exact) mass is 447 g/mol. The number of likely N-dealkylation sites (N-methyl/N-ethyl adjacent to an activating group) is 1. The summed E-state index contributed by atoms with van der Waals surface area (Å²) in [5, 5.41) is 0.141. The third-order valence-corrected chi connectivity index (χ3v) is 6.96. The van der Waals surface area contributed by atoms with E-state index in [2.05, 4.69) is 4.98 Å². The molecule has 162 valence electrons. The van der Waals surface area contributed by atoms with Gasteiger partial charge < -0.3 is 9.47 Å². The van der Waals surface area contributed by atoms with Crippen molar-refractivity contribution < 1.29 is 13.2 Å². The van der Waals surface area contributed by atoms with E-state index in [9.17, 15) is 18.0 Å². The van der Waals surface area contributed by atoms with Crippen LogP contribution in [0, 0.1) is 6.92 Å². The lowest BCUT2D eigenvalue weighted by molar-refractivity contribution is -0.118. The SMILES string of the molecule is Cc1ccc2c(=O)c(S(=O)(=O)c3ccccc3)cn(CC(=O)N(C)c3ccccc3)c2n1. The summed E-state index contributed by atoms with van der Waals surface area (Å²) in [7, 11) is -2.45. The van der Waals surface area contributed by atoms with E-state index in [4.69, 9.17) is 0 Å². The van der Waals surface area contributed by atoms with Gasteiger partial charge in [-0.25, -0.2) is 13.4 Å². The van der Waals surface area contributed by atoms with E-state index in [1.54, 1.807) is 56.4 Å². The van der Waals surface area contributed by atoms with Crippen LogP contribution in [0.4, 0.5) is 5.69 Å². The fraction of sp³-hybridized carbons (Fsp3) is 0.125. The molecule has 0 spiro atoms. The molecule has 0 atom stereocenters. The number of hydrogen-bond donors (Lipinski definition) is 0. The number of rotatable bonds is 5. The molecule has 2 aromatic heterocycles. The maximum Gasteiger partial charge on any atom is 0.246 e. The molecule has 0 aliphatic carbocycles. The van der Waals surface area contributed by atoms with E-state index in [0.717, 1.165) is 0 Å². The number of fused-ring (bicyclic) bond motifs is 1. The Labute approximate surface area is 185 Å². The molecule has 32 heavy (non-hydrogen) atoms. The highest BCUT2D eigenvalue weighted by molar-refractivity contribution is 7.91. The summed E-state index contributed by atoms with van der Waals surface area (Å²) in [4.78, 5) is 31.6. The summed E-state index contributed by atoms with van der Waals surface area (Å²) in [5.74, 6) is -0.285. The maximum absolute atomic E-state index is 13.2. The normalized spacial score (nSPS) is 11.4. The first kappa shape index (κ1) is 21.5. The van der Waals surface area contributed by atoms with Crippen LogP contribution in [0.3, 0.4) is 0 Å². The predicted molar refractivity (Wildman–Crippen MR) is 122 cm³/mol. The minimum Gasteiger partial charge on any atom is -0.322 e. The first-order valence-corrected chi connectivity index (χ1v) is 11.4. The van der Waals surface area contributed by atoms with E-state index in [1.165, 1.54) is 27.8 Å². The minimum atomic E-state index is -4.09. The van der Waals surface area contributed by atoms with Gasteiger partial charge >= 0.3 is 0 Å². The van der Waals surface area contributed by atoms with Crippen LogP contribution in [0.5, 0.6) is 0 Å². The van der Waals surface area contributed by atoms with Gasteiger partial charge in [-0.2, -0.15) is 0 Å². The number of carbonyl (C=O) groups excluding carboxylic acids is 1. The molecule has 0 bridgehead atoms. The Hall–Kier alpha value is -3.78. The van der Waals surface area contributed by atoms with Gasteiger partial charge in [0.1, 0.15) is 17.1 Å². The van der Waals surface area contributed by atoms with Crippen molar-refractivity contribution in [2.24, 2.45) is 0 Å². The van der Waals surface area contributed by atoms with Crippen molar-refractivity contribution in [3.05, 3.63) is 94.9 Å². The zero-order valence-electron chi connectivity index (χ0n) is 17.6. The van der Waals surface area contributed by atoms with Crippen molar-refractivity contribution in [1.82, 2.24) is 9.55 Å². The fourth-order valence-corrected chi connectivity index (χ4v) is 4.81. The summed E-state index contributed by atoms with van der Waals surface area (Å²) in [6, 6.07) is 20.0. The van der Waals surface area contributed by atoms with Crippen LogP contribution in [0.2, 0.25) is 0 Å². The standard InChI is InChI=1S/C24H21N3O4S/c1-17-13-14-20-23(29)21(32(30,31)19-11-7-4-8-12-19)15-27(24(20)25-17)16-22(28)26(2)18-9-5-3-6-10-18/h3-15H,16H2,1-2H3. The van der Waals surface area contributed by atoms with Crippen LogP contribution >= 0.6 is 0 Å². The lowest BCUT2D eigenvalue weighted by Gasteiger charge is -2.19. The molecule has 0 radical (unpaired) electrons. The number of aryl methyl sites for hydroxylation is 1. The molecular formula is C24H21N3O4S. The number of nitrogens with zero attached hydrogens (tertiary/aromatic N) is 3. The molecule has 0 saturated heterocycles. The molecule has 0 unspecified atom stereocenters. The van der Waals surface area contributed by atoms with Gasteiger partial charge in [-0.15, -0.1) is 0 Å². The van der Waals surface area contributed by atoms with E-state index >= 15 is 0 Å². The molecule has 0 aliphatic heterocycles. The van der Waals surface area contributed by atoms with Crippen LogP contribution in [-0.2, 0) is 21.2 Å². The third-order valence-electron chi connectivity index (χ3n) is 5.19. The van der Waals surface area contributed by atoms with Crippen molar-refractivity contribution in [2.75, 3.05) is 11.9 Å². The van der Waals surface area contributed by atoms with Crippen molar-refractivity contribution in [3.8, 4) is 0 Å². The van der Waals surface area contributed by atoms with Gasteiger partial charge in [-0.1, -0.05) is 36.4 Å². The second-order valence-electron chi connectivity index (χ2n) is 7.38. The molecule has 4 rings (SSSR count). The fourth-order valence-electron chi connectivity index (χ4n) is 3.42. The highest BCUT2D eigenvalue weighted by atomic mass is 32.2. The summed E-state index contributed by atoms with van der Waals surface area (Å²) in [6.45, 7) is 1.58. The number of amides is 1. The molecule has 2 aromatic carbocycles. The van der Waals surface area contributed by atoms with Crippen LogP contribution < -0.4 is 10.3 Å². The number of para-hydroxylation sites is 1. The topological polar surface area (TPSA) is 89.3 Å². The first-order valence-electron chi connectivity index (χ1n) is 9.91. The van der Waals surface area contributed by atoms with Gasteiger partial charge in [-0.05, 0) is 43.3 Å². The first-order chi connectivity index (χ1) is 15.3. The number of anilines is 1. The van der Waals surface area contributed by atoms with Gasteiger partial charge in [0.2, 0.25) is 21.2 Å². The van der Waals surface area contributed by atoms with Gasteiger partial charge in [0.25, 0.3) is 0 Å². The minimum absolute atomic E-state index is 0.0100. The Morgan fingerprint density at radius 3 is 2.25 bits per heavy atom. The molecule has 7 nitrogen and oxygen atoms in total. The predicted octanol–water partition coefficient (Wildman–Crippen LogP) is 3.20. The summed E-state index contributed by atoms with van der Waals surface area (Å²) in [5.41, 5.74) is 0.964. The average Bonchev–Trinajstić information content (AvgIpc) is 2.81. The molecular weight excluding hydrogens is 426 g/mol. The number of aromatic nitrogens is 2. The van der Waals surface area contributed by atoms with Crippen molar-refractivity contribution in [1.29, 1.82) is 0 Å². The van der Waals surface area contributed by atoms with E-state index in [0.29, 0.717) is 11.4 Å². The Morgan fingerprint density at radius 1 is 0.969 bits per heavy atom. The molecule has 2 heterocycles.